The van der Waals surface area contributed by atoms with Gasteiger partial charge < -0.3 is 19.5 Å². The zero-order valence-electron chi connectivity index (χ0n) is 21.2. The highest BCUT2D eigenvalue weighted by molar-refractivity contribution is 7.80. The van der Waals surface area contributed by atoms with E-state index in [1.165, 1.54) is 11.3 Å². The largest absolute Gasteiger partial charge is 0.490 e. The maximum atomic E-state index is 13.1. The number of amides is 1. The third-order valence-corrected chi connectivity index (χ3v) is 6.49. The number of thiocarbonyl (C=S) groups is 1. The Morgan fingerprint density at radius 3 is 2.32 bits per heavy atom. The lowest BCUT2D eigenvalue weighted by molar-refractivity contribution is 0.0976. The number of benzene rings is 2. The van der Waals surface area contributed by atoms with Crippen LogP contribution >= 0.6 is 23.6 Å². The maximum absolute atomic E-state index is 13.1. The highest BCUT2D eigenvalue weighted by Crippen LogP contribution is 2.39. The topological polar surface area (TPSA) is 112 Å². The van der Waals surface area contributed by atoms with E-state index in [9.17, 15) is 4.79 Å². The van der Waals surface area contributed by atoms with E-state index in [2.05, 4.69) is 25.9 Å². The average molecular weight is 541 g/mol. The maximum Gasteiger partial charge on any atom is 0.257 e. The summed E-state index contributed by atoms with van der Waals surface area (Å²) in [6.07, 6.45) is 0. The van der Waals surface area contributed by atoms with Crippen molar-refractivity contribution >= 4 is 45.2 Å². The van der Waals surface area contributed by atoms with Crippen LogP contribution in [-0.4, -0.2) is 50.7 Å². The summed E-state index contributed by atoms with van der Waals surface area (Å²) in [7, 11) is 0. The first-order chi connectivity index (χ1) is 17.9. The molecular weight excluding hydrogens is 512 g/mol. The SMILES string of the molecule is CCOc1cc(C(=O)NC(=S)Nc2cccc(-c3nn4c(C)nnc4s3)c2C)cc(OCC)c1OCC. The van der Waals surface area contributed by atoms with Gasteiger partial charge in [-0.25, -0.2) is 0 Å². The molecule has 0 radical (unpaired) electrons. The number of nitrogens with one attached hydrogen (secondary N) is 2. The van der Waals surface area contributed by atoms with Crippen molar-refractivity contribution in [2.24, 2.45) is 0 Å². The molecule has 2 N–H and O–H groups in total. The molecule has 12 heteroatoms. The lowest BCUT2D eigenvalue weighted by Gasteiger charge is -2.17. The van der Waals surface area contributed by atoms with Crippen LogP contribution in [0.1, 0.15) is 42.5 Å². The van der Waals surface area contributed by atoms with Crippen LogP contribution in [-0.2, 0) is 0 Å². The van der Waals surface area contributed by atoms with E-state index in [-0.39, 0.29) is 5.11 Å². The number of hydrogen-bond acceptors (Lipinski definition) is 9. The van der Waals surface area contributed by atoms with E-state index in [1.807, 2.05) is 52.8 Å². The highest BCUT2D eigenvalue weighted by atomic mass is 32.1. The number of aryl methyl sites for hydroxylation is 1. The molecule has 0 saturated carbocycles. The van der Waals surface area contributed by atoms with Crippen LogP contribution in [0.25, 0.3) is 15.5 Å². The van der Waals surface area contributed by atoms with Crippen molar-refractivity contribution in [2.75, 3.05) is 25.1 Å². The molecule has 4 rings (SSSR count). The first kappa shape index (κ1) is 26.3. The Labute approximate surface area is 224 Å². The van der Waals surface area contributed by atoms with Crippen molar-refractivity contribution in [1.82, 2.24) is 25.1 Å². The summed E-state index contributed by atoms with van der Waals surface area (Å²) in [5.41, 5.74) is 2.95. The molecule has 4 aromatic rings. The van der Waals surface area contributed by atoms with Crippen molar-refractivity contribution in [3.05, 3.63) is 47.3 Å². The molecule has 0 spiro atoms. The smallest absolute Gasteiger partial charge is 0.257 e. The lowest BCUT2D eigenvalue weighted by Crippen LogP contribution is -2.34. The molecule has 2 aromatic heterocycles. The minimum absolute atomic E-state index is 0.157. The Morgan fingerprint density at radius 1 is 1.03 bits per heavy atom. The Morgan fingerprint density at radius 2 is 1.70 bits per heavy atom. The average Bonchev–Trinajstić information content (AvgIpc) is 3.44. The number of hydrogen-bond donors (Lipinski definition) is 2. The van der Waals surface area contributed by atoms with Gasteiger partial charge in [0.1, 0.15) is 5.01 Å². The summed E-state index contributed by atoms with van der Waals surface area (Å²) in [6, 6.07) is 9.01. The zero-order valence-corrected chi connectivity index (χ0v) is 22.9. The van der Waals surface area contributed by atoms with Gasteiger partial charge in [-0.1, -0.05) is 23.5 Å². The van der Waals surface area contributed by atoms with Crippen LogP contribution in [0.4, 0.5) is 5.69 Å². The normalized spacial score (nSPS) is 10.8. The molecule has 0 fully saturated rings. The number of carbonyl (C=O) groups is 1. The van der Waals surface area contributed by atoms with Gasteiger partial charge in [0.15, 0.2) is 22.4 Å². The summed E-state index contributed by atoms with van der Waals surface area (Å²) < 4.78 is 18.9. The van der Waals surface area contributed by atoms with Gasteiger partial charge in [-0.2, -0.15) is 9.61 Å². The lowest BCUT2D eigenvalue weighted by atomic mass is 10.1. The Bertz CT molecular complexity index is 1420. The zero-order chi connectivity index (χ0) is 26.5. The molecule has 0 aliphatic carbocycles. The predicted molar refractivity (Wildman–Crippen MR) is 147 cm³/mol. The number of ether oxygens (including phenoxy) is 3. The number of nitrogens with zero attached hydrogens (tertiary/aromatic N) is 4. The Balaban J connectivity index is 1.54. The van der Waals surface area contributed by atoms with E-state index < -0.39 is 5.91 Å². The molecule has 2 heterocycles. The van der Waals surface area contributed by atoms with Gasteiger partial charge in [0.05, 0.1) is 19.8 Å². The monoisotopic (exact) mass is 540 g/mol. The molecule has 0 aliphatic heterocycles. The molecule has 2 aromatic carbocycles. The summed E-state index contributed by atoms with van der Waals surface area (Å²) in [5, 5.41) is 19.6. The fourth-order valence-electron chi connectivity index (χ4n) is 3.67. The van der Waals surface area contributed by atoms with Crippen LogP contribution in [0.15, 0.2) is 30.3 Å². The van der Waals surface area contributed by atoms with E-state index in [0.29, 0.717) is 42.6 Å². The molecule has 0 unspecified atom stereocenters. The Hall–Kier alpha value is -3.77. The third-order valence-electron chi connectivity index (χ3n) is 5.36. The van der Waals surface area contributed by atoms with E-state index in [4.69, 9.17) is 26.4 Å². The fraction of sp³-hybridized carbons (Fsp3) is 0.320. The van der Waals surface area contributed by atoms with Gasteiger partial charge in [0.2, 0.25) is 10.7 Å². The van der Waals surface area contributed by atoms with Gasteiger partial charge in [-0.3, -0.25) is 10.1 Å². The van der Waals surface area contributed by atoms with Crippen molar-refractivity contribution in [3.63, 3.8) is 0 Å². The molecule has 1 amide bonds. The second-order valence-corrected chi connectivity index (χ2v) is 9.20. The third kappa shape index (κ3) is 5.65. The highest BCUT2D eigenvalue weighted by Gasteiger charge is 2.20. The molecule has 37 heavy (non-hydrogen) atoms. The van der Waals surface area contributed by atoms with E-state index >= 15 is 0 Å². The number of fused-ring (bicyclic) bond motifs is 1. The molecule has 0 bridgehead atoms. The quantitative estimate of drug-likeness (QED) is 0.289. The van der Waals surface area contributed by atoms with E-state index in [0.717, 1.165) is 32.6 Å². The summed E-state index contributed by atoms with van der Waals surface area (Å²) in [6.45, 7) is 10.7. The minimum Gasteiger partial charge on any atom is -0.490 e. The number of rotatable bonds is 9. The second-order valence-electron chi connectivity index (χ2n) is 7.84. The molecule has 0 atom stereocenters. The number of aromatic nitrogens is 4. The predicted octanol–water partition coefficient (Wildman–Crippen LogP) is 4.79. The number of anilines is 1. The number of carbonyl (C=O) groups excluding carboxylic acids is 1. The Kier molecular flexibility index (Phi) is 8.19. The molecule has 10 nitrogen and oxygen atoms in total. The van der Waals surface area contributed by atoms with Crippen LogP contribution < -0.4 is 24.8 Å². The van der Waals surface area contributed by atoms with E-state index in [1.54, 1.807) is 16.6 Å². The summed E-state index contributed by atoms with van der Waals surface area (Å²) >= 11 is 6.91. The molecule has 0 aliphatic rings. The van der Waals surface area contributed by atoms with Gasteiger partial charge >= 0.3 is 0 Å². The van der Waals surface area contributed by atoms with Crippen molar-refractivity contribution in [1.29, 1.82) is 0 Å². The summed E-state index contributed by atoms with van der Waals surface area (Å²) in [5.74, 6) is 1.66. The van der Waals surface area contributed by atoms with Gasteiger partial charge in [0, 0.05) is 16.8 Å². The van der Waals surface area contributed by atoms with Crippen molar-refractivity contribution < 1.29 is 19.0 Å². The van der Waals surface area contributed by atoms with Crippen LogP contribution in [0, 0.1) is 13.8 Å². The minimum atomic E-state index is -0.402. The first-order valence-electron chi connectivity index (χ1n) is 11.8. The van der Waals surface area contributed by atoms with Crippen molar-refractivity contribution in [2.45, 2.75) is 34.6 Å². The molecule has 0 saturated heterocycles. The van der Waals surface area contributed by atoms with Gasteiger partial charge in [0.25, 0.3) is 5.91 Å². The van der Waals surface area contributed by atoms with Crippen LogP contribution in [0.5, 0.6) is 17.2 Å². The first-order valence-corrected chi connectivity index (χ1v) is 13.1. The van der Waals surface area contributed by atoms with Gasteiger partial charge in [-0.05, 0) is 70.6 Å². The van der Waals surface area contributed by atoms with Crippen LogP contribution in [0.2, 0.25) is 0 Å². The second kappa shape index (κ2) is 11.5. The molecule has 194 valence electrons. The molecular formula is C25H28N6O4S2. The van der Waals surface area contributed by atoms with Gasteiger partial charge in [-0.15, -0.1) is 10.2 Å². The standard InChI is InChI=1S/C25H28N6O4S2/c1-6-33-19-12-16(13-20(34-7-2)21(19)35-8-3)22(32)27-24(36)26-18-11-9-10-17(14(18)4)23-30-31-15(5)28-29-25(31)37-23/h9-13H,6-8H2,1-5H3,(H2,26,27,32,36). The summed E-state index contributed by atoms with van der Waals surface area (Å²) in [4.78, 5) is 13.8. The van der Waals surface area contributed by atoms with Crippen LogP contribution in [0.3, 0.4) is 0 Å². The fourth-order valence-corrected chi connectivity index (χ4v) is 4.85. The van der Waals surface area contributed by atoms with Crippen molar-refractivity contribution in [3.8, 4) is 27.8 Å².